The van der Waals surface area contributed by atoms with Crippen molar-refractivity contribution in [1.29, 1.82) is 0 Å². The first-order valence-corrected chi connectivity index (χ1v) is 10.9. The third-order valence-electron chi connectivity index (χ3n) is 5.68. The van der Waals surface area contributed by atoms with Gasteiger partial charge < -0.3 is 10.4 Å². The summed E-state index contributed by atoms with van der Waals surface area (Å²) in [6.45, 7) is 0.300. The molecule has 4 aromatic heterocycles. The van der Waals surface area contributed by atoms with Crippen molar-refractivity contribution in [3.05, 3.63) is 47.3 Å². The highest BCUT2D eigenvalue weighted by atomic mass is 32.1. The van der Waals surface area contributed by atoms with E-state index in [1.54, 1.807) is 29.3 Å². The fourth-order valence-electron chi connectivity index (χ4n) is 3.95. The minimum absolute atomic E-state index is 0. The number of hydrogen-bond acceptors (Lipinski definition) is 6. The fraction of sp³-hybridized carbons (Fsp3) is 0.364. The molecular formula is C22H26N6O2S. The summed E-state index contributed by atoms with van der Waals surface area (Å²) in [5.74, 6) is -0.156. The second-order valence-electron chi connectivity index (χ2n) is 7.82. The lowest BCUT2D eigenvalue weighted by Crippen LogP contribution is -2.44. The Balaban J connectivity index is 0.00000231. The molecule has 0 spiro atoms. The minimum atomic E-state index is -0.771. The van der Waals surface area contributed by atoms with Crippen LogP contribution in [0.5, 0.6) is 0 Å². The van der Waals surface area contributed by atoms with Gasteiger partial charge in [0.25, 0.3) is 5.91 Å². The van der Waals surface area contributed by atoms with Gasteiger partial charge in [0.15, 0.2) is 5.65 Å². The SMILES string of the molecule is C.O=C(NCC1(O)CCCCC1)c1cc(-c2cnn3cc(-c4cn[nH]c4)cnc23)cs1. The van der Waals surface area contributed by atoms with Crippen LogP contribution in [0.3, 0.4) is 0 Å². The summed E-state index contributed by atoms with van der Waals surface area (Å²) < 4.78 is 1.73. The van der Waals surface area contributed by atoms with E-state index in [9.17, 15) is 9.90 Å². The average Bonchev–Trinajstić information content (AvgIpc) is 3.52. The molecule has 1 aliphatic carbocycles. The Hall–Kier alpha value is -3.04. The number of aromatic amines is 1. The van der Waals surface area contributed by atoms with E-state index < -0.39 is 5.60 Å². The van der Waals surface area contributed by atoms with E-state index in [2.05, 4.69) is 25.6 Å². The van der Waals surface area contributed by atoms with Crippen LogP contribution in [0.2, 0.25) is 0 Å². The Morgan fingerprint density at radius 2 is 2.03 bits per heavy atom. The molecule has 0 aliphatic heterocycles. The maximum atomic E-state index is 12.6. The van der Waals surface area contributed by atoms with Crippen LogP contribution in [-0.2, 0) is 0 Å². The van der Waals surface area contributed by atoms with Gasteiger partial charge in [-0.25, -0.2) is 9.50 Å². The number of amides is 1. The summed E-state index contributed by atoms with van der Waals surface area (Å²) in [6, 6.07) is 1.85. The molecule has 0 atom stereocenters. The summed E-state index contributed by atoms with van der Waals surface area (Å²) in [4.78, 5) is 17.8. The number of rotatable bonds is 5. The fourth-order valence-corrected chi connectivity index (χ4v) is 4.77. The van der Waals surface area contributed by atoms with Gasteiger partial charge in [-0.05, 0) is 29.9 Å². The normalized spacial score (nSPS) is 15.5. The number of thiophene rings is 1. The Morgan fingerprint density at radius 1 is 1.19 bits per heavy atom. The van der Waals surface area contributed by atoms with Crippen LogP contribution in [0, 0.1) is 0 Å². The summed E-state index contributed by atoms with van der Waals surface area (Å²) in [7, 11) is 0. The van der Waals surface area contributed by atoms with Crippen molar-refractivity contribution in [2.24, 2.45) is 0 Å². The van der Waals surface area contributed by atoms with E-state index in [0.717, 1.165) is 60.0 Å². The first-order chi connectivity index (χ1) is 14.6. The number of carbonyl (C=O) groups excluding carboxylic acids is 1. The molecule has 0 bridgehead atoms. The molecule has 1 amide bonds. The van der Waals surface area contributed by atoms with E-state index in [1.165, 1.54) is 11.3 Å². The van der Waals surface area contributed by atoms with Gasteiger partial charge in [0.05, 0.1) is 22.9 Å². The third-order valence-corrected chi connectivity index (χ3v) is 6.61. The standard InChI is InChI=1S/C21H22N6O2S.CH4/c28-20(23-13-21(29)4-2-1-3-5-21)18-6-14(12-30-18)17-10-26-27-11-16(7-22-19(17)27)15-8-24-25-9-15;/h6-12,29H,1-5,13H2,(H,23,28)(H,24,25);1H4. The molecule has 0 aromatic carbocycles. The third kappa shape index (κ3) is 4.24. The molecule has 0 unspecified atom stereocenters. The summed E-state index contributed by atoms with van der Waals surface area (Å²) in [6.07, 6.45) is 13.7. The van der Waals surface area contributed by atoms with Gasteiger partial charge in [-0.1, -0.05) is 26.7 Å². The summed E-state index contributed by atoms with van der Waals surface area (Å²) in [5.41, 5.74) is 3.58. The molecule has 1 saturated carbocycles. The van der Waals surface area contributed by atoms with Gasteiger partial charge in [-0.2, -0.15) is 10.2 Å². The largest absolute Gasteiger partial charge is 0.388 e. The van der Waals surface area contributed by atoms with Crippen LogP contribution in [0.1, 0.15) is 49.2 Å². The Labute approximate surface area is 184 Å². The predicted octanol–water partition coefficient (Wildman–Crippen LogP) is 3.91. The van der Waals surface area contributed by atoms with Gasteiger partial charge in [-0.15, -0.1) is 11.3 Å². The highest BCUT2D eigenvalue weighted by molar-refractivity contribution is 7.12. The minimum Gasteiger partial charge on any atom is -0.388 e. The lowest BCUT2D eigenvalue weighted by atomic mass is 9.85. The van der Waals surface area contributed by atoms with Gasteiger partial charge in [-0.3, -0.25) is 9.89 Å². The molecular weight excluding hydrogens is 412 g/mol. The molecule has 162 valence electrons. The first kappa shape index (κ1) is 21.2. The van der Waals surface area contributed by atoms with Gasteiger partial charge in [0.2, 0.25) is 0 Å². The zero-order chi connectivity index (χ0) is 20.6. The molecule has 5 rings (SSSR count). The van der Waals surface area contributed by atoms with E-state index >= 15 is 0 Å². The first-order valence-electron chi connectivity index (χ1n) is 10.0. The molecule has 8 nitrogen and oxygen atoms in total. The highest BCUT2D eigenvalue weighted by Gasteiger charge is 2.29. The van der Waals surface area contributed by atoms with E-state index in [-0.39, 0.29) is 13.3 Å². The van der Waals surface area contributed by atoms with Crippen molar-refractivity contribution in [3.63, 3.8) is 0 Å². The van der Waals surface area contributed by atoms with Gasteiger partial charge in [0.1, 0.15) is 0 Å². The number of fused-ring (bicyclic) bond motifs is 1. The van der Waals surface area contributed by atoms with Crippen molar-refractivity contribution in [1.82, 2.24) is 30.1 Å². The second kappa shape index (κ2) is 8.60. The lowest BCUT2D eigenvalue weighted by molar-refractivity contribution is 0.00529. The lowest BCUT2D eigenvalue weighted by Gasteiger charge is -2.32. The number of carbonyl (C=O) groups is 1. The number of hydrogen-bond donors (Lipinski definition) is 3. The number of nitrogens with zero attached hydrogens (tertiary/aromatic N) is 4. The monoisotopic (exact) mass is 438 g/mol. The zero-order valence-electron chi connectivity index (χ0n) is 16.3. The Morgan fingerprint density at radius 3 is 2.81 bits per heavy atom. The Bertz CT molecular complexity index is 1170. The van der Waals surface area contributed by atoms with Crippen LogP contribution in [-0.4, -0.2) is 48.0 Å². The van der Waals surface area contributed by atoms with Crippen molar-refractivity contribution < 1.29 is 9.90 Å². The van der Waals surface area contributed by atoms with Crippen LogP contribution >= 0.6 is 11.3 Å². The van der Waals surface area contributed by atoms with E-state index in [0.29, 0.717) is 11.4 Å². The number of aromatic nitrogens is 5. The Kier molecular flexibility index (Phi) is 5.88. The van der Waals surface area contributed by atoms with Crippen molar-refractivity contribution >= 4 is 22.9 Å². The summed E-state index contributed by atoms with van der Waals surface area (Å²) in [5, 5.41) is 26.6. The molecule has 4 heterocycles. The molecule has 3 N–H and O–H groups in total. The predicted molar refractivity (Wildman–Crippen MR) is 121 cm³/mol. The van der Waals surface area contributed by atoms with Crippen molar-refractivity contribution in [3.8, 4) is 22.3 Å². The zero-order valence-corrected chi connectivity index (χ0v) is 17.2. The molecule has 9 heteroatoms. The summed E-state index contributed by atoms with van der Waals surface area (Å²) >= 11 is 1.38. The molecule has 1 fully saturated rings. The molecule has 1 aliphatic rings. The molecule has 0 radical (unpaired) electrons. The van der Waals surface area contributed by atoms with E-state index in [1.807, 2.05) is 17.6 Å². The average molecular weight is 439 g/mol. The van der Waals surface area contributed by atoms with Gasteiger partial charge in [0, 0.05) is 41.8 Å². The molecule has 31 heavy (non-hydrogen) atoms. The van der Waals surface area contributed by atoms with Crippen LogP contribution < -0.4 is 5.32 Å². The quantitative estimate of drug-likeness (QED) is 0.438. The van der Waals surface area contributed by atoms with Crippen LogP contribution in [0.25, 0.3) is 27.9 Å². The molecule has 0 saturated heterocycles. The van der Waals surface area contributed by atoms with E-state index in [4.69, 9.17) is 0 Å². The number of nitrogens with one attached hydrogen (secondary N) is 2. The smallest absolute Gasteiger partial charge is 0.261 e. The van der Waals surface area contributed by atoms with Crippen molar-refractivity contribution in [2.45, 2.75) is 45.1 Å². The highest BCUT2D eigenvalue weighted by Crippen LogP contribution is 2.30. The maximum absolute atomic E-state index is 12.6. The number of aliphatic hydroxyl groups is 1. The second-order valence-corrected chi connectivity index (χ2v) is 8.73. The van der Waals surface area contributed by atoms with Crippen molar-refractivity contribution in [2.75, 3.05) is 6.54 Å². The van der Waals surface area contributed by atoms with Crippen LogP contribution in [0.15, 0.2) is 42.4 Å². The number of H-pyrrole nitrogens is 1. The molecule has 4 aromatic rings. The topological polar surface area (TPSA) is 108 Å². The maximum Gasteiger partial charge on any atom is 0.261 e. The van der Waals surface area contributed by atoms with Gasteiger partial charge >= 0.3 is 0 Å². The van der Waals surface area contributed by atoms with Crippen LogP contribution in [0.4, 0.5) is 0 Å².